The number of aliphatic hydroxyl groups excluding tert-OH is 3. The SMILES string of the molecule is C/C=C(\NC(=O)[C@@H](C)NC(=O)[C@H](NC(=O)[C@H](NC(=O)CNC(=O)[C@H]([C@H](C)O)N(C)C(=O)[C@@H]1CCCN1C(=O)CCCCCCCCCCCCC)C(C)C)C(C)C)C(=O)N[C@H]1C(=O)N[C@H](C(C)C)C(=O)N[C@@H](C(C)C)C(=O)N[C@H]([C@H](C)O)C(=O)N[C@@H](CO)C(=O)N[C@H]([C@H](C)CC)C(=O)N[C@@H]([C@@H]2CCNC(=NC)N2C)C(=O)O[C@@H]1C. The number of likely N-dealkylation sites (tertiary alicyclic amines) is 1. The number of guanidine groups is 1. The molecule has 0 bridgehead atoms. The number of allylic oxidation sites excluding steroid dienone is 1. The van der Waals surface area contributed by atoms with Gasteiger partial charge >= 0.3 is 5.97 Å². The van der Waals surface area contributed by atoms with Crippen molar-refractivity contribution in [3.05, 3.63) is 11.8 Å². The zero-order valence-corrected chi connectivity index (χ0v) is 70.5. The fraction of sp³-hybridized carbons (Fsp3) is 0.769. The van der Waals surface area contributed by atoms with Gasteiger partial charge in [0.2, 0.25) is 76.8 Å². The number of ether oxygens (including phenoxy) is 1. The maximum atomic E-state index is 15.0. The van der Waals surface area contributed by atoms with Crippen molar-refractivity contribution in [2.24, 2.45) is 34.6 Å². The Morgan fingerprint density at radius 3 is 1.68 bits per heavy atom. The number of hydrogen-bond acceptors (Lipinski definition) is 20. The van der Waals surface area contributed by atoms with Crippen LogP contribution >= 0.6 is 0 Å². The molecule has 0 aromatic carbocycles. The molecule has 0 radical (unpaired) electrons. The van der Waals surface area contributed by atoms with Crippen molar-refractivity contribution in [3.8, 4) is 0 Å². The number of unbranched alkanes of at least 4 members (excludes halogenated alkanes) is 10. The first kappa shape index (κ1) is 99.1. The maximum Gasteiger partial charge on any atom is 0.331 e. The minimum absolute atomic E-state index is 0.149. The second-order valence-electron chi connectivity index (χ2n) is 31.6. The minimum atomic E-state index is -1.98. The molecule has 3 rings (SSSR count). The molecular weight excluding hydrogens is 1480 g/mol. The highest BCUT2D eigenvalue weighted by Gasteiger charge is 2.46. The lowest BCUT2D eigenvalue weighted by atomic mass is 9.95. The lowest BCUT2D eigenvalue weighted by molar-refractivity contribution is -0.157. The Balaban J connectivity index is 1.90. The molecule has 36 heteroatoms. The number of carbonyl (C=O) groups is 15. The Bertz CT molecular complexity index is 3330. The van der Waals surface area contributed by atoms with Crippen LogP contribution in [0.2, 0.25) is 0 Å². The average Bonchev–Trinajstić information content (AvgIpc) is 1.71. The predicted molar refractivity (Wildman–Crippen MR) is 425 cm³/mol. The summed E-state index contributed by atoms with van der Waals surface area (Å²) >= 11 is 0. The van der Waals surface area contributed by atoms with E-state index in [2.05, 4.69) is 81.0 Å². The van der Waals surface area contributed by atoms with Crippen molar-refractivity contribution in [1.82, 2.24) is 83.8 Å². The van der Waals surface area contributed by atoms with Crippen LogP contribution in [0.25, 0.3) is 0 Å². The van der Waals surface area contributed by atoms with Gasteiger partial charge in [-0.1, -0.05) is 153 Å². The van der Waals surface area contributed by atoms with Crippen molar-refractivity contribution in [2.45, 2.75) is 310 Å². The maximum absolute atomic E-state index is 15.0. The van der Waals surface area contributed by atoms with Crippen LogP contribution < -0.4 is 69.1 Å². The molecule has 646 valence electrons. The molecule has 3 fully saturated rings. The van der Waals surface area contributed by atoms with E-state index in [0.717, 1.165) is 43.6 Å². The number of esters is 1. The average molecular weight is 1620 g/mol. The van der Waals surface area contributed by atoms with E-state index >= 15 is 4.79 Å². The normalized spacial score (nSPS) is 24.2. The number of amides is 14. The van der Waals surface area contributed by atoms with Gasteiger partial charge in [-0.2, -0.15) is 0 Å². The quantitative estimate of drug-likeness (QED) is 0.0207. The van der Waals surface area contributed by atoms with Crippen molar-refractivity contribution in [3.63, 3.8) is 0 Å². The van der Waals surface area contributed by atoms with Crippen LogP contribution in [-0.4, -0.2) is 269 Å². The van der Waals surface area contributed by atoms with E-state index in [9.17, 15) is 82.4 Å². The summed E-state index contributed by atoms with van der Waals surface area (Å²) in [5.41, 5.74) is -0.524. The van der Waals surface area contributed by atoms with Crippen LogP contribution in [-0.2, 0) is 76.7 Å². The summed E-state index contributed by atoms with van der Waals surface area (Å²) in [6.07, 6.45) is 10.3. The van der Waals surface area contributed by atoms with Gasteiger partial charge < -0.3 is 104 Å². The Labute approximate surface area is 671 Å². The molecule has 3 heterocycles. The molecule has 36 nitrogen and oxygen atoms in total. The number of cyclic esters (lactones) is 1. The largest absolute Gasteiger partial charge is 0.458 e. The Kier molecular flexibility index (Phi) is 42.6. The van der Waals surface area contributed by atoms with E-state index in [4.69, 9.17) is 4.74 Å². The topological polar surface area (TPSA) is 504 Å². The van der Waals surface area contributed by atoms with Gasteiger partial charge in [0.1, 0.15) is 84.3 Å². The number of nitrogens with one attached hydrogen (secondary N) is 13. The Morgan fingerprint density at radius 1 is 0.640 bits per heavy atom. The van der Waals surface area contributed by atoms with Crippen LogP contribution in [0.1, 0.15) is 214 Å². The van der Waals surface area contributed by atoms with Gasteiger partial charge in [-0.3, -0.25) is 72.1 Å². The van der Waals surface area contributed by atoms with Gasteiger partial charge in [-0.15, -0.1) is 0 Å². The van der Waals surface area contributed by atoms with E-state index in [0.29, 0.717) is 31.8 Å². The van der Waals surface area contributed by atoms with Crippen molar-refractivity contribution >= 4 is 94.6 Å². The van der Waals surface area contributed by atoms with Crippen molar-refractivity contribution < 1.29 is 92.0 Å². The minimum Gasteiger partial charge on any atom is -0.458 e. The number of carbonyl (C=O) groups excluding carboxylic acids is 15. The fourth-order valence-corrected chi connectivity index (χ4v) is 13.7. The van der Waals surface area contributed by atoms with Crippen LogP contribution in [0, 0.1) is 29.6 Å². The van der Waals surface area contributed by atoms with E-state index in [-0.39, 0.29) is 31.7 Å². The first-order valence-corrected chi connectivity index (χ1v) is 40.6. The van der Waals surface area contributed by atoms with Crippen LogP contribution in [0.5, 0.6) is 0 Å². The highest BCUT2D eigenvalue weighted by molar-refractivity contribution is 6.03. The molecule has 17 atom stereocenters. The molecule has 0 aliphatic carbocycles. The van der Waals surface area contributed by atoms with Crippen molar-refractivity contribution in [1.29, 1.82) is 0 Å². The van der Waals surface area contributed by atoms with Crippen LogP contribution in [0.15, 0.2) is 16.8 Å². The zero-order valence-electron chi connectivity index (χ0n) is 70.5. The second-order valence-corrected chi connectivity index (χ2v) is 31.6. The smallest absolute Gasteiger partial charge is 0.331 e. The third-order valence-electron chi connectivity index (χ3n) is 21.0. The summed E-state index contributed by atoms with van der Waals surface area (Å²) in [6, 6.07) is -19.1. The standard InChI is InChI=1S/C78H135N17O19/c1-20-23-24-25-26-27-28-29-30-31-32-35-55(100)95-38-33-34-53(95)76(112)94(19)64(48(15)98)75(111)81-39-54(99)85-56(41(4)5)69(105)86-57(42(6)7)68(104)82-46(13)65(101)83-50(22-3)66(102)91-62-49(16)114-77(113)63(52-36-37-80-78(79-17)93(52)18)92-72(108)60(45(12)21-2)89-67(103)51(40-96)84-73(109)61(47(14)97)90-71(107)59(44(10)11)87-70(106)58(43(8)9)88-74(62)110/h22,41-49,51-53,56-64,96-98H,20-21,23-40H2,1-19H3,(H,79,80)(H,81,111)(H,82,104)(H,83,101)(H,84,109)(H,85,99)(H,86,105)(H,87,106)(H,88,110)(H,89,103)(H,90,107)(H,91,102)(H,92,108)/b50-22-/t45-,46-,47+,48+,49-,51+,52+,53+,56-,57-,58-,59+,60-,61-,62-,63+,64+/m1/s1. The number of aliphatic hydroxyl groups is 3. The predicted octanol–water partition coefficient (Wildman–Crippen LogP) is -0.842. The first-order valence-electron chi connectivity index (χ1n) is 40.6. The third kappa shape index (κ3) is 30.0. The molecule has 3 aliphatic heterocycles. The van der Waals surface area contributed by atoms with Crippen LogP contribution in [0.4, 0.5) is 0 Å². The van der Waals surface area contributed by atoms with Crippen LogP contribution in [0.3, 0.4) is 0 Å². The van der Waals surface area contributed by atoms with Gasteiger partial charge in [-0.05, 0) is 89.9 Å². The summed E-state index contributed by atoms with van der Waals surface area (Å²) in [7, 11) is 4.40. The second kappa shape index (κ2) is 49.0. The number of hydrogen-bond donors (Lipinski definition) is 16. The zero-order chi connectivity index (χ0) is 86.1. The first-order chi connectivity index (χ1) is 53.6. The molecule has 0 aromatic heterocycles. The summed E-state index contributed by atoms with van der Waals surface area (Å²) in [4.78, 5) is 221. The molecular formula is C78H135N17O19. The molecule has 16 N–H and O–H groups in total. The van der Waals surface area contributed by atoms with Gasteiger partial charge in [0.25, 0.3) is 5.91 Å². The number of likely N-dealkylation sites (N-methyl/N-ethyl adjacent to an activating group) is 2. The number of nitrogens with zero attached hydrogens (tertiary/aromatic N) is 4. The Morgan fingerprint density at radius 2 is 1.16 bits per heavy atom. The van der Waals surface area contributed by atoms with Gasteiger partial charge in [-0.25, -0.2) is 4.79 Å². The number of aliphatic imine (C=N–C) groups is 1. The molecule has 0 saturated carbocycles. The highest BCUT2D eigenvalue weighted by atomic mass is 16.5. The van der Waals surface area contributed by atoms with E-state index < -0.39 is 228 Å². The molecule has 0 spiro atoms. The molecule has 14 amide bonds. The molecule has 3 aliphatic rings. The Hall–Kier alpha value is -9.06. The summed E-state index contributed by atoms with van der Waals surface area (Å²) in [5.74, 6) is -17.0. The number of rotatable bonds is 36. The molecule has 0 unspecified atom stereocenters. The third-order valence-corrected chi connectivity index (χ3v) is 21.0. The lowest BCUT2D eigenvalue weighted by Crippen LogP contribution is -2.66. The summed E-state index contributed by atoms with van der Waals surface area (Å²) in [6.45, 7) is 23.3. The van der Waals surface area contributed by atoms with E-state index in [1.54, 1.807) is 72.2 Å². The fourth-order valence-electron chi connectivity index (χ4n) is 13.7. The van der Waals surface area contributed by atoms with E-state index in [1.807, 2.05) is 0 Å². The summed E-state index contributed by atoms with van der Waals surface area (Å²) in [5, 5.41) is 65.5. The monoisotopic (exact) mass is 1610 g/mol. The molecule has 3 saturated heterocycles. The van der Waals surface area contributed by atoms with E-state index in [1.165, 1.54) is 94.2 Å². The molecule has 0 aromatic rings. The lowest BCUT2D eigenvalue weighted by Gasteiger charge is -2.40. The van der Waals surface area contributed by atoms with Gasteiger partial charge in [0.05, 0.1) is 31.4 Å². The molecule has 114 heavy (non-hydrogen) atoms. The highest BCUT2D eigenvalue weighted by Crippen LogP contribution is 2.24. The van der Waals surface area contributed by atoms with Crippen molar-refractivity contribution in [2.75, 3.05) is 47.4 Å². The van der Waals surface area contributed by atoms with Gasteiger partial charge in [0.15, 0.2) is 5.96 Å². The van der Waals surface area contributed by atoms with Gasteiger partial charge in [0, 0.05) is 40.7 Å². The summed E-state index contributed by atoms with van der Waals surface area (Å²) < 4.78 is 6.06.